The van der Waals surface area contributed by atoms with Crippen molar-refractivity contribution in [3.63, 3.8) is 0 Å². The molecule has 1 aliphatic heterocycles. The molecule has 0 atom stereocenters. The predicted octanol–water partition coefficient (Wildman–Crippen LogP) is 3.85. The highest BCUT2D eigenvalue weighted by Gasteiger charge is 2.21. The molecular weight excluding hydrogens is 292 g/mol. The fraction of sp³-hybridized carbons (Fsp3) is 0.211. The fourth-order valence-electron chi connectivity index (χ4n) is 2.36. The number of carbonyl (C=O) groups excluding carboxylic acids is 1. The Morgan fingerprint density at radius 2 is 2.09 bits per heavy atom. The fourth-order valence-corrected chi connectivity index (χ4v) is 2.36. The first-order chi connectivity index (χ1) is 11.0. The average Bonchev–Trinajstić information content (AvgIpc) is 2.99. The summed E-state index contributed by atoms with van der Waals surface area (Å²) in [6.45, 7) is 3.81. The van der Waals surface area contributed by atoms with Crippen molar-refractivity contribution < 1.29 is 19.1 Å². The molecule has 4 nitrogen and oxygen atoms in total. The lowest BCUT2D eigenvalue weighted by Gasteiger charge is -2.27. The number of ketones is 1. The number of hydrogen-bond acceptors (Lipinski definition) is 4. The Bertz CT molecular complexity index is 793. The van der Waals surface area contributed by atoms with Gasteiger partial charge in [-0.25, -0.2) is 0 Å². The van der Waals surface area contributed by atoms with E-state index in [-0.39, 0.29) is 18.0 Å². The van der Waals surface area contributed by atoms with E-state index in [2.05, 4.69) is 0 Å². The van der Waals surface area contributed by atoms with Gasteiger partial charge in [-0.05, 0) is 62.4 Å². The Hall–Kier alpha value is -2.59. The van der Waals surface area contributed by atoms with Gasteiger partial charge in [0.25, 0.3) is 0 Å². The average molecular weight is 310 g/mol. The highest BCUT2D eigenvalue weighted by atomic mass is 16.5. The van der Waals surface area contributed by atoms with Gasteiger partial charge in [0.05, 0.1) is 0 Å². The number of rotatable bonds is 4. The normalized spacial score (nSPS) is 15.4. The van der Waals surface area contributed by atoms with Crippen molar-refractivity contribution in [3.05, 3.63) is 65.1 Å². The summed E-state index contributed by atoms with van der Waals surface area (Å²) in [6.07, 6.45) is 6.99. The molecule has 1 aromatic heterocycles. The molecule has 0 bridgehead atoms. The van der Waals surface area contributed by atoms with Gasteiger partial charge in [0.1, 0.15) is 29.5 Å². The van der Waals surface area contributed by atoms with Crippen LogP contribution in [0.4, 0.5) is 0 Å². The molecule has 2 aromatic rings. The molecule has 0 amide bonds. The maximum atomic E-state index is 12.3. The third kappa shape index (κ3) is 3.43. The minimum Gasteiger partial charge on any atom is -0.483 e. The van der Waals surface area contributed by atoms with Gasteiger partial charge in [-0.2, -0.15) is 0 Å². The molecule has 0 aliphatic carbocycles. The molecular formula is C19H18O4. The lowest BCUT2D eigenvalue weighted by Crippen LogP contribution is -2.27. The molecule has 1 aliphatic rings. The number of ether oxygens (including phenoxy) is 1. The monoisotopic (exact) mass is 310 g/mol. The zero-order valence-corrected chi connectivity index (χ0v) is 13.1. The van der Waals surface area contributed by atoms with Gasteiger partial charge < -0.3 is 14.3 Å². The van der Waals surface area contributed by atoms with Crippen LogP contribution in [0.5, 0.6) is 5.75 Å². The van der Waals surface area contributed by atoms with Gasteiger partial charge in [0.2, 0.25) is 0 Å². The molecule has 2 heterocycles. The molecule has 118 valence electrons. The Kier molecular flexibility index (Phi) is 3.92. The van der Waals surface area contributed by atoms with E-state index >= 15 is 0 Å². The zero-order valence-electron chi connectivity index (χ0n) is 13.1. The third-order valence-corrected chi connectivity index (χ3v) is 3.57. The molecule has 0 fully saturated rings. The third-order valence-electron chi connectivity index (χ3n) is 3.57. The van der Waals surface area contributed by atoms with E-state index < -0.39 is 0 Å². The lowest BCUT2D eigenvalue weighted by atomic mass is 9.99. The Balaban J connectivity index is 1.78. The van der Waals surface area contributed by atoms with E-state index in [0.29, 0.717) is 17.1 Å². The van der Waals surface area contributed by atoms with Crippen molar-refractivity contribution in [2.75, 3.05) is 0 Å². The summed E-state index contributed by atoms with van der Waals surface area (Å²) in [4.78, 5) is 12.3. The Morgan fingerprint density at radius 1 is 1.26 bits per heavy atom. The molecule has 1 aromatic carbocycles. The van der Waals surface area contributed by atoms with Crippen LogP contribution >= 0.6 is 0 Å². The molecule has 4 heteroatoms. The number of aliphatic hydroxyl groups is 1. The standard InChI is InChI=1S/C19H18O4/c1-19(2)10-9-14-11-13(3-8-18(14)23-19)17(21)7-6-15-4-5-16(12-20)22-15/h3-11,20H,12H2,1-2H3/b7-6+. The van der Waals surface area contributed by atoms with Crippen LogP contribution in [-0.2, 0) is 6.61 Å². The number of aliphatic hydroxyl groups excluding tert-OH is 1. The summed E-state index contributed by atoms with van der Waals surface area (Å²) >= 11 is 0. The van der Waals surface area contributed by atoms with Crippen LogP contribution in [0.2, 0.25) is 0 Å². The van der Waals surface area contributed by atoms with Gasteiger partial charge in [-0.3, -0.25) is 4.79 Å². The van der Waals surface area contributed by atoms with E-state index in [0.717, 1.165) is 11.3 Å². The van der Waals surface area contributed by atoms with Crippen molar-refractivity contribution in [1.82, 2.24) is 0 Å². The molecule has 0 unspecified atom stereocenters. The van der Waals surface area contributed by atoms with Crippen LogP contribution in [-0.4, -0.2) is 16.5 Å². The molecule has 1 N–H and O–H groups in total. The van der Waals surface area contributed by atoms with Crippen molar-refractivity contribution in [3.8, 4) is 5.75 Å². The maximum absolute atomic E-state index is 12.3. The summed E-state index contributed by atoms with van der Waals surface area (Å²) in [5.41, 5.74) is 1.15. The number of allylic oxidation sites excluding steroid dienone is 1. The number of benzene rings is 1. The van der Waals surface area contributed by atoms with Crippen LogP contribution in [0.15, 0.2) is 46.9 Å². The van der Waals surface area contributed by atoms with Crippen LogP contribution in [0, 0.1) is 0 Å². The Morgan fingerprint density at radius 3 is 2.83 bits per heavy atom. The minimum atomic E-state index is -0.331. The van der Waals surface area contributed by atoms with E-state index in [1.807, 2.05) is 38.1 Å². The van der Waals surface area contributed by atoms with Crippen LogP contribution in [0.1, 0.15) is 41.3 Å². The maximum Gasteiger partial charge on any atom is 0.185 e. The second-order valence-electron chi connectivity index (χ2n) is 5.95. The van der Waals surface area contributed by atoms with Crippen LogP contribution in [0.3, 0.4) is 0 Å². The van der Waals surface area contributed by atoms with Crippen molar-refractivity contribution in [2.24, 2.45) is 0 Å². The topological polar surface area (TPSA) is 59.7 Å². The number of hydrogen-bond donors (Lipinski definition) is 1. The van der Waals surface area contributed by atoms with Gasteiger partial charge in [-0.15, -0.1) is 0 Å². The van der Waals surface area contributed by atoms with Crippen molar-refractivity contribution in [2.45, 2.75) is 26.1 Å². The predicted molar refractivity (Wildman–Crippen MR) is 88.2 cm³/mol. The van der Waals surface area contributed by atoms with Crippen LogP contribution in [0.25, 0.3) is 12.2 Å². The molecule has 0 saturated carbocycles. The van der Waals surface area contributed by atoms with E-state index in [1.54, 1.807) is 24.3 Å². The van der Waals surface area contributed by atoms with Gasteiger partial charge >= 0.3 is 0 Å². The van der Waals surface area contributed by atoms with E-state index in [4.69, 9.17) is 14.3 Å². The summed E-state index contributed by atoms with van der Waals surface area (Å²) in [5.74, 6) is 1.66. The van der Waals surface area contributed by atoms with Crippen molar-refractivity contribution in [1.29, 1.82) is 0 Å². The molecule has 0 spiro atoms. The second-order valence-corrected chi connectivity index (χ2v) is 5.95. The highest BCUT2D eigenvalue weighted by Crippen LogP contribution is 2.31. The molecule has 0 radical (unpaired) electrons. The quantitative estimate of drug-likeness (QED) is 0.688. The second kappa shape index (κ2) is 5.89. The smallest absolute Gasteiger partial charge is 0.185 e. The van der Waals surface area contributed by atoms with E-state index in [9.17, 15) is 4.79 Å². The first kappa shape index (κ1) is 15.3. The largest absolute Gasteiger partial charge is 0.483 e. The van der Waals surface area contributed by atoms with E-state index in [1.165, 1.54) is 6.08 Å². The summed E-state index contributed by atoms with van der Waals surface area (Å²) in [6, 6.07) is 8.77. The molecule has 23 heavy (non-hydrogen) atoms. The number of carbonyl (C=O) groups is 1. The summed E-state index contributed by atoms with van der Waals surface area (Å²) < 4.78 is 11.2. The number of furan rings is 1. The zero-order chi connectivity index (χ0) is 16.4. The summed E-state index contributed by atoms with van der Waals surface area (Å²) in [7, 11) is 0. The minimum absolute atomic E-state index is 0.118. The lowest BCUT2D eigenvalue weighted by molar-refractivity contribution is 0.104. The SMILES string of the molecule is CC1(C)C=Cc2cc(C(=O)/C=C/c3ccc(CO)o3)ccc2O1. The molecule has 3 rings (SSSR count). The number of fused-ring (bicyclic) bond motifs is 1. The summed E-state index contributed by atoms with van der Waals surface area (Å²) in [5, 5.41) is 8.95. The Labute approximate surface area is 134 Å². The first-order valence-corrected chi connectivity index (χ1v) is 7.41. The van der Waals surface area contributed by atoms with Gasteiger partial charge in [-0.1, -0.05) is 6.08 Å². The molecule has 0 saturated heterocycles. The van der Waals surface area contributed by atoms with Crippen molar-refractivity contribution >= 4 is 17.9 Å². The highest BCUT2D eigenvalue weighted by molar-refractivity contribution is 6.07. The van der Waals surface area contributed by atoms with Crippen LogP contribution < -0.4 is 4.74 Å². The van der Waals surface area contributed by atoms with Gasteiger partial charge in [0, 0.05) is 11.1 Å². The first-order valence-electron chi connectivity index (χ1n) is 7.41. The van der Waals surface area contributed by atoms with Gasteiger partial charge in [0.15, 0.2) is 5.78 Å².